The maximum Gasteiger partial charge on any atom is 0.0197 e. The second-order valence-corrected chi connectivity index (χ2v) is 7.68. The summed E-state index contributed by atoms with van der Waals surface area (Å²) in [5.74, 6) is 0. The Morgan fingerprint density at radius 2 is 1.65 bits per heavy atom. The highest BCUT2D eigenvalue weighted by Crippen LogP contribution is 2.35. The molecule has 3 unspecified atom stereocenters. The molecule has 2 bridgehead atoms. The van der Waals surface area contributed by atoms with Gasteiger partial charge >= 0.3 is 0 Å². The lowest BCUT2D eigenvalue weighted by molar-refractivity contribution is -0.00109. The zero-order valence-electron chi connectivity index (χ0n) is 13.6. The van der Waals surface area contributed by atoms with Crippen LogP contribution in [0.4, 0.5) is 0 Å². The van der Waals surface area contributed by atoms with Crippen LogP contribution in [0, 0.1) is 0 Å². The fourth-order valence-electron chi connectivity index (χ4n) is 4.83. The molecule has 3 aliphatic rings. The van der Waals surface area contributed by atoms with E-state index in [4.69, 9.17) is 0 Å². The van der Waals surface area contributed by atoms with Crippen molar-refractivity contribution in [3.63, 3.8) is 0 Å². The number of hydrogen-bond donors (Lipinski definition) is 1. The maximum atomic E-state index is 3.76. The minimum Gasteiger partial charge on any atom is -0.311 e. The number of nitrogens with zero attached hydrogens (tertiary/aromatic N) is 2. The SMILES string of the molecule is CC(C)NC1CCCN(C2CC3CCCC(C2)N3C)C1. The van der Waals surface area contributed by atoms with Crippen LogP contribution in [0.25, 0.3) is 0 Å². The van der Waals surface area contributed by atoms with E-state index in [0.29, 0.717) is 6.04 Å². The predicted molar refractivity (Wildman–Crippen MR) is 85.1 cm³/mol. The summed E-state index contributed by atoms with van der Waals surface area (Å²) in [5, 5.41) is 3.76. The van der Waals surface area contributed by atoms with E-state index in [1.165, 1.54) is 58.0 Å². The number of piperidine rings is 3. The van der Waals surface area contributed by atoms with Gasteiger partial charge in [0.25, 0.3) is 0 Å². The first-order valence-corrected chi connectivity index (χ1v) is 8.85. The van der Waals surface area contributed by atoms with Crippen LogP contribution < -0.4 is 5.32 Å². The van der Waals surface area contributed by atoms with E-state index >= 15 is 0 Å². The summed E-state index contributed by atoms with van der Waals surface area (Å²) in [7, 11) is 2.37. The van der Waals surface area contributed by atoms with Crippen LogP contribution in [0.15, 0.2) is 0 Å². The van der Waals surface area contributed by atoms with Gasteiger partial charge in [0.1, 0.15) is 0 Å². The average Bonchev–Trinajstić information content (AvgIpc) is 2.37. The van der Waals surface area contributed by atoms with Gasteiger partial charge in [0, 0.05) is 36.8 Å². The summed E-state index contributed by atoms with van der Waals surface area (Å²) in [6.07, 6.45) is 9.92. The third kappa shape index (κ3) is 3.20. The zero-order chi connectivity index (χ0) is 14.1. The average molecular weight is 279 g/mol. The molecular weight excluding hydrogens is 246 g/mol. The van der Waals surface area contributed by atoms with Gasteiger partial charge in [0.05, 0.1) is 0 Å². The lowest BCUT2D eigenvalue weighted by atomic mass is 9.81. The largest absolute Gasteiger partial charge is 0.311 e. The number of likely N-dealkylation sites (tertiary alicyclic amines) is 1. The smallest absolute Gasteiger partial charge is 0.0197 e. The van der Waals surface area contributed by atoms with Crippen molar-refractivity contribution in [2.75, 3.05) is 20.1 Å². The summed E-state index contributed by atoms with van der Waals surface area (Å²) in [6, 6.07) is 3.94. The van der Waals surface area contributed by atoms with Gasteiger partial charge in [-0.15, -0.1) is 0 Å². The Labute approximate surface area is 125 Å². The van der Waals surface area contributed by atoms with E-state index in [1.807, 2.05) is 0 Å². The van der Waals surface area contributed by atoms with Crippen molar-refractivity contribution in [1.29, 1.82) is 0 Å². The van der Waals surface area contributed by atoms with E-state index in [9.17, 15) is 0 Å². The Morgan fingerprint density at radius 3 is 2.30 bits per heavy atom. The molecule has 3 rings (SSSR count). The third-order valence-electron chi connectivity index (χ3n) is 5.85. The molecule has 0 radical (unpaired) electrons. The fraction of sp³-hybridized carbons (Fsp3) is 1.00. The number of fused-ring (bicyclic) bond motifs is 2. The molecule has 0 aromatic carbocycles. The molecule has 3 aliphatic heterocycles. The topological polar surface area (TPSA) is 18.5 Å². The quantitative estimate of drug-likeness (QED) is 0.856. The number of rotatable bonds is 3. The maximum absolute atomic E-state index is 3.76. The van der Waals surface area contributed by atoms with Crippen molar-refractivity contribution in [2.45, 2.75) is 89.0 Å². The normalized spacial score (nSPS) is 40.2. The van der Waals surface area contributed by atoms with Crippen LogP contribution >= 0.6 is 0 Å². The van der Waals surface area contributed by atoms with Crippen LogP contribution in [0.1, 0.15) is 58.8 Å². The van der Waals surface area contributed by atoms with Crippen LogP contribution in [0.5, 0.6) is 0 Å². The molecular formula is C17H33N3. The van der Waals surface area contributed by atoms with Crippen LogP contribution in [0.2, 0.25) is 0 Å². The first-order valence-electron chi connectivity index (χ1n) is 8.85. The molecule has 3 nitrogen and oxygen atoms in total. The van der Waals surface area contributed by atoms with Crippen LogP contribution in [-0.2, 0) is 0 Å². The predicted octanol–water partition coefficient (Wildman–Crippen LogP) is 2.46. The monoisotopic (exact) mass is 279 g/mol. The molecule has 3 heteroatoms. The highest BCUT2D eigenvalue weighted by atomic mass is 15.2. The van der Waals surface area contributed by atoms with E-state index in [2.05, 4.69) is 36.0 Å². The molecule has 3 fully saturated rings. The highest BCUT2D eigenvalue weighted by Gasteiger charge is 2.39. The van der Waals surface area contributed by atoms with Crippen molar-refractivity contribution in [3.8, 4) is 0 Å². The lowest BCUT2D eigenvalue weighted by Crippen LogP contribution is -2.58. The van der Waals surface area contributed by atoms with Crippen LogP contribution in [0.3, 0.4) is 0 Å². The number of nitrogens with one attached hydrogen (secondary N) is 1. The van der Waals surface area contributed by atoms with Crippen molar-refractivity contribution >= 4 is 0 Å². The summed E-state index contributed by atoms with van der Waals surface area (Å²) in [4.78, 5) is 5.51. The van der Waals surface area contributed by atoms with Gasteiger partial charge in [0.2, 0.25) is 0 Å². The third-order valence-corrected chi connectivity index (χ3v) is 5.85. The molecule has 116 valence electrons. The minimum absolute atomic E-state index is 0.622. The van der Waals surface area contributed by atoms with Gasteiger partial charge in [-0.25, -0.2) is 0 Å². The van der Waals surface area contributed by atoms with E-state index < -0.39 is 0 Å². The van der Waals surface area contributed by atoms with Gasteiger partial charge in [-0.05, 0) is 52.1 Å². The molecule has 0 spiro atoms. The Morgan fingerprint density at radius 1 is 0.950 bits per heavy atom. The van der Waals surface area contributed by atoms with Gasteiger partial charge in [-0.2, -0.15) is 0 Å². The molecule has 3 saturated heterocycles. The van der Waals surface area contributed by atoms with Gasteiger partial charge in [0.15, 0.2) is 0 Å². The summed E-state index contributed by atoms with van der Waals surface area (Å²) in [5.41, 5.74) is 0. The van der Waals surface area contributed by atoms with E-state index in [0.717, 1.165) is 24.2 Å². The molecule has 0 aromatic rings. The van der Waals surface area contributed by atoms with Gasteiger partial charge in [-0.1, -0.05) is 20.3 Å². The first-order chi connectivity index (χ1) is 9.63. The van der Waals surface area contributed by atoms with Crippen molar-refractivity contribution < 1.29 is 0 Å². The van der Waals surface area contributed by atoms with Gasteiger partial charge < -0.3 is 10.2 Å². The summed E-state index contributed by atoms with van der Waals surface area (Å²) < 4.78 is 0. The van der Waals surface area contributed by atoms with E-state index in [1.54, 1.807) is 0 Å². The summed E-state index contributed by atoms with van der Waals surface area (Å²) in [6.45, 7) is 7.17. The molecule has 0 aliphatic carbocycles. The standard InChI is InChI=1S/C17H33N3/c1-13(2)18-14-6-5-9-20(12-14)17-10-15-7-4-8-16(11-17)19(15)3/h13-18H,4-12H2,1-3H3. The first kappa shape index (κ1) is 14.8. The molecule has 20 heavy (non-hydrogen) atoms. The lowest BCUT2D eigenvalue weighted by Gasteiger charge is -2.51. The van der Waals surface area contributed by atoms with Gasteiger partial charge in [-0.3, -0.25) is 4.90 Å². The molecule has 3 atom stereocenters. The Hall–Kier alpha value is -0.120. The van der Waals surface area contributed by atoms with E-state index in [-0.39, 0.29) is 0 Å². The zero-order valence-corrected chi connectivity index (χ0v) is 13.6. The summed E-state index contributed by atoms with van der Waals surface area (Å²) >= 11 is 0. The molecule has 0 amide bonds. The Balaban J connectivity index is 1.58. The number of hydrogen-bond acceptors (Lipinski definition) is 3. The second-order valence-electron chi connectivity index (χ2n) is 7.68. The highest BCUT2D eigenvalue weighted by molar-refractivity contribution is 4.96. The molecule has 1 N–H and O–H groups in total. The van der Waals surface area contributed by atoms with Crippen molar-refractivity contribution in [2.24, 2.45) is 0 Å². The molecule has 0 aromatic heterocycles. The minimum atomic E-state index is 0.622. The second kappa shape index (κ2) is 6.33. The Kier molecular flexibility index (Phi) is 4.68. The van der Waals surface area contributed by atoms with Crippen molar-refractivity contribution in [1.82, 2.24) is 15.1 Å². The van der Waals surface area contributed by atoms with Crippen molar-refractivity contribution in [3.05, 3.63) is 0 Å². The van der Waals surface area contributed by atoms with Crippen LogP contribution in [-0.4, -0.2) is 60.1 Å². The Bertz CT molecular complexity index is 303. The molecule has 0 saturated carbocycles. The fourth-order valence-corrected chi connectivity index (χ4v) is 4.83. The molecule has 3 heterocycles.